The van der Waals surface area contributed by atoms with Gasteiger partial charge in [-0.1, -0.05) is 36.3 Å². The zero-order valence-electron chi connectivity index (χ0n) is 15.9. The van der Waals surface area contributed by atoms with Crippen LogP contribution in [0.15, 0.2) is 12.2 Å². The number of fused-ring (bicyclic) bond motifs is 1. The number of allylic oxidation sites excluding steroid dienone is 1. The first-order valence-electron chi connectivity index (χ1n) is 8.80. The van der Waals surface area contributed by atoms with Crippen LogP contribution in [0, 0.1) is 6.92 Å². The minimum Gasteiger partial charge on any atom is -0.491 e. The Hall–Kier alpha value is -1.02. The van der Waals surface area contributed by atoms with Gasteiger partial charge in [0.05, 0.1) is 6.61 Å². The summed E-state index contributed by atoms with van der Waals surface area (Å²) in [4.78, 5) is 21.7. The number of carbonyl (C=O) groups excluding carboxylic acids is 2. The molecule has 1 aromatic carbocycles. The highest BCUT2D eigenvalue weighted by atomic mass is 127. The summed E-state index contributed by atoms with van der Waals surface area (Å²) in [7, 11) is 1.71. The van der Waals surface area contributed by atoms with Gasteiger partial charge in [-0.05, 0) is 69.7 Å². The Bertz CT molecular complexity index is 671. The molecule has 0 amide bonds. The van der Waals surface area contributed by atoms with Crippen molar-refractivity contribution in [3.63, 3.8) is 0 Å². The van der Waals surface area contributed by atoms with E-state index in [9.17, 15) is 9.59 Å². The molecule has 0 bridgehead atoms. The molecule has 0 radical (unpaired) electrons. The Morgan fingerprint density at radius 1 is 1.31 bits per heavy atom. The third-order valence-electron chi connectivity index (χ3n) is 4.36. The number of rotatable bonds is 8. The van der Waals surface area contributed by atoms with E-state index in [4.69, 9.17) is 9.47 Å². The molecular weight excluding hydrogens is 463 g/mol. The molecule has 0 unspecified atom stereocenters. The van der Waals surface area contributed by atoms with Crippen molar-refractivity contribution in [2.75, 3.05) is 12.4 Å². The predicted octanol–water partition coefficient (Wildman–Crippen LogP) is 5.40. The lowest BCUT2D eigenvalue weighted by molar-refractivity contribution is -0.105. The Kier molecular flexibility index (Phi) is 10.3. The van der Waals surface area contributed by atoms with Gasteiger partial charge in [0.2, 0.25) is 0 Å². The second-order valence-corrected chi connectivity index (χ2v) is 8.33. The summed E-state index contributed by atoms with van der Waals surface area (Å²) in [6.45, 7) is 12.7. The normalized spacial score (nSPS) is 12.0. The van der Waals surface area contributed by atoms with Crippen LogP contribution < -0.4 is 4.74 Å². The van der Waals surface area contributed by atoms with Gasteiger partial charge in [-0.25, -0.2) is 4.79 Å². The maximum absolute atomic E-state index is 12.0. The van der Waals surface area contributed by atoms with E-state index >= 15 is 0 Å². The second-order valence-electron chi connectivity index (χ2n) is 5.84. The van der Waals surface area contributed by atoms with Gasteiger partial charge in [0, 0.05) is 11.3 Å². The summed E-state index contributed by atoms with van der Waals surface area (Å²) in [6, 6.07) is 0. The quantitative estimate of drug-likeness (QED) is 0.161. The lowest BCUT2D eigenvalue weighted by Crippen LogP contribution is -2.11. The van der Waals surface area contributed by atoms with Crippen LogP contribution in [0.3, 0.4) is 0 Å². The number of carbonyl (C=O) groups is 2. The molecule has 144 valence electrons. The summed E-state index contributed by atoms with van der Waals surface area (Å²) in [5.74, 6) is 1.43. The van der Waals surface area contributed by atoms with E-state index in [1.807, 2.05) is 6.92 Å². The molecule has 2 rings (SSSR count). The molecule has 1 aromatic rings. The van der Waals surface area contributed by atoms with Crippen LogP contribution in [-0.2, 0) is 29.0 Å². The average Bonchev–Trinajstić information content (AvgIpc) is 3.05. The van der Waals surface area contributed by atoms with Gasteiger partial charge in [-0.3, -0.25) is 4.79 Å². The third kappa shape index (κ3) is 5.49. The van der Waals surface area contributed by atoms with Crippen LogP contribution in [0.4, 0.5) is 0 Å². The number of cyclic esters (lactones) is 1. The Balaban J connectivity index is 0.000000487. The maximum Gasteiger partial charge on any atom is 0.342 e. The van der Waals surface area contributed by atoms with E-state index in [0.717, 1.165) is 42.6 Å². The highest BCUT2D eigenvalue weighted by Gasteiger charge is 2.31. The summed E-state index contributed by atoms with van der Waals surface area (Å²) >= 11 is 2.25. The molecule has 0 saturated carbocycles. The van der Waals surface area contributed by atoms with Crippen molar-refractivity contribution < 1.29 is 19.1 Å². The molecule has 6 heteroatoms. The van der Waals surface area contributed by atoms with Gasteiger partial charge in [0.15, 0.2) is 0 Å². The van der Waals surface area contributed by atoms with Crippen molar-refractivity contribution in [3.05, 3.63) is 40.0 Å². The molecule has 0 saturated heterocycles. The molecule has 1 aliphatic rings. The van der Waals surface area contributed by atoms with Crippen molar-refractivity contribution >= 4 is 42.4 Å². The van der Waals surface area contributed by atoms with Crippen LogP contribution in [0.1, 0.15) is 59.8 Å². The summed E-state index contributed by atoms with van der Waals surface area (Å²) in [6.07, 6.45) is 3.37. The highest BCUT2D eigenvalue weighted by Crippen LogP contribution is 2.39. The number of aldehydes is 1. The Morgan fingerprint density at radius 3 is 2.42 bits per heavy atom. The van der Waals surface area contributed by atoms with Gasteiger partial charge < -0.3 is 9.47 Å². The minimum atomic E-state index is -0.238. The standard InChI is InChI=1S/C15H19IO3S.C5H8O/c1-4-10-9(3)12-8-19-15(17)13(12)14(11(10)5-2)18-6-7-20-16;1-3-5(2)4-6/h4-8H2,1-3H3;4H,2-3H2,1H3. The number of ether oxygens (including phenoxy) is 2. The first-order chi connectivity index (χ1) is 12.5. The zero-order valence-corrected chi connectivity index (χ0v) is 18.9. The van der Waals surface area contributed by atoms with Crippen LogP contribution in [-0.4, -0.2) is 24.6 Å². The van der Waals surface area contributed by atoms with Crippen LogP contribution in [0.5, 0.6) is 5.75 Å². The fourth-order valence-corrected chi connectivity index (χ4v) is 3.58. The molecule has 26 heavy (non-hydrogen) atoms. The van der Waals surface area contributed by atoms with E-state index < -0.39 is 0 Å². The average molecular weight is 490 g/mol. The fraction of sp³-hybridized carbons (Fsp3) is 0.500. The largest absolute Gasteiger partial charge is 0.491 e. The van der Waals surface area contributed by atoms with Crippen molar-refractivity contribution in [1.29, 1.82) is 0 Å². The van der Waals surface area contributed by atoms with Crippen molar-refractivity contribution in [3.8, 4) is 5.75 Å². The smallest absolute Gasteiger partial charge is 0.342 e. The number of esters is 1. The summed E-state index contributed by atoms with van der Waals surface area (Å²) in [5, 5.41) is 0. The van der Waals surface area contributed by atoms with Crippen LogP contribution >= 0.6 is 30.1 Å². The lowest BCUT2D eigenvalue weighted by atomic mass is 9.89. The number of halogens is 1. The SMILES string of the molecule is C=C(C=O)CC.CCc1c(C)c2c(c(OCCSI)c1CC)C(=O)OC2. The number of benzene rings is 1. The summed E-state index contributed by atoms with van der Waals surface area (Å²) < 4.78 is 11.2. The monoisotopic (exact) mass is 490 g/mol. The number of hydrogen-bond acceptors (Lipinski definition) is 5. The summed E-state index contributed by atoms with van der Waals surface area (Å²) in [5.41, 5.74) is 6.01. The van der Waals surface area contributed by atoms with Gasteiger partial charge in [0.1, 0.15) is 24.2 Å². The molecular formula is C20H27IO4S. The first kappa shape index (κ1) is 23.0. The molecule has 0 atom stereocenters. The van der Waals surface area contributed by atoms with Crippen molar-refractivity contribution in [1.82, 2.24) is 0 Å². The zero-order chi connectivity index (χ0) is 19.7. The molecule has 1 aliphatic heterocycles. The van der Waals surface area contributed by atoms with Crippen molar-refractivity contribution in [2.45, 2.75) is 53.6 Å². The van der Waals surface area contributed by atoms with E-state index in [1.165, 1.54) is 16.7 Å². The van der Waals surface area contributed by atoms with E-state index in [1.54, 1.807) is 8.93 Å². The topological polar surface area (TPSA) is 52.6 Å². The van der Waals surface area contributed by atoms with Gasteiger partial charge >= 0.3 is 5.97 Å². The van der Waals surface area contributed by atoms with Gasteiger partial charge in [-0.2, -0.15) is 0 Å². The Morgan fingerprint density at radius 2 is 1.96 bits per heavy atom. The number of hydrogen-bond donors (Lipinski definition) is 0. The van der Waals surface area contributed by atoms with E-state index in [2.05, 4.69) is 48.6 Å². The van der Waals surface area contributed by atoms with E-state index in [-0.39, 0.29) is 5.97 Å². The van der Waals surface area contributed by atoms with Gasteiger partial charge in [0.25, 0.3) is 0 Å². The van der Waals surface area contributed by atoms with Crippen LogP contribution in [0.2, 0.25) is 0 Å². The molecule has 0 aliphatic carbocycles. The second kappa shape index (κ2) is 11.6. The van der Waals surface area contributed by atoms with Crippen LogP contribution in [0.25, 0.3) is 0 Å². The Labute approximate surface area is 172 Å². The fourth-order valence-electron chi connectivity index (χ4n) is 2.90. The lowest BCUT2D eigenvalue weighted by Gasteiger charge is -2.19. The maximum atomic E-state index is 12.0. The molecule has 0 fully saturated rings. The predicted molar refractivity (Wildman–Crippen MR) is 117 cm³/mol. The van der Waals surface area contributed by atoms with Gasteiger partial charge in [-0.15, -0.1) is 0 Å². The van der Waals surface area contributed by atoms with E-state index in [0.29, 0.717) is 24.4 Å². The molecule has 0 N–H and O–H groups in total. The highest BCUT2D eigenvalue weighted by molar-refractivity contribution is 14.2. The third-order valence-corrected chi connectivity index (χ3v) is 6.00. The van der Waals surface area contributed by atoms with Crippen molar-refractivity contribution in [2.24, 2.45) is 0 Å². The molecule has 4 nitrogen and oxygen atoms in total. The first-order valence-corrected chi connectivity index (χ1v) is 12.3. The molecule has 0 spiro atoms. The molecule has 1 heterocycles. The molecule has 0 aromatic heterocycles. The minimum absolute atomic E-state index is 0.238.